The highest BCUT2D eigenvalue weighted by Crippen LogP contribution is 2.07. The molecule has 0 spiro atoms. The van der Waals surface area contributed by atoms with Gasteiger partial charge in [-0.05, 0) is 6.07 Å². The second kappa shape index (κ2) is 6.05. The lowest BCUT2D eigenvalue weighted by Crippen LogP contribution is -2.31. The van der Waals surface area contributed by atoms with Gasteiger partial charge in [0.15, 0.2) is 0 Å². The number of amides is 1. The van der Waals surface area contributed by atoms with Gasteiger partial charge >= 0.3 is 5.97 Å². The highest BCUT2D eigenvalue weighted by Gasteiger charge is 2.15. The van der Waals surface area contributed by atoms with Crippen LogP contribution in [0.3, 0.4) is 0 Å². The number of ether oxygens (including phenoxy) is 1. The van der Waals surface area contributed by atoms with Crippen molar-refractivity contribution in [1.82, 2.24) is 5.32 Å². The molecule has 0 aromatic carbocycles. The first-order valence-corrected chi connectivity index (χ1v) is 5.22. The average molecular weight is 240 g/mol. The lowest BCUT2D eigenvalue weighted by atomic mass is 10.2. The van der Waals surface area contributed by atoms with Gasteiger partial charge < -0.3 is 20.2 Å². The number of hydrogen-bond acceptors (Lipinski definition) is 5. The number of furan rings is 1. The molecule has 0 saturated carbocycles. The summed E-state index contributed by atoms with van der Waals surface area (Å²) in [7, 11) is 1.31. The molecular weight excluding hydrogens is 224 g/mol. The third kappa shape index (κ3) is 3.60. The van der Waals surface area contributed by atoms with Crippen LogP contribution in [0, 0.1) is 5.92 Å². The molecule has 1 aromatic heterocycles. The summed E-state index contributed by atoms with van der Waals surface area (Å²) in [5.41, 5.74) is 5.75. The Morgan fingerprint density at radius 1 is 1.59 bits per heavy atom. The third-order valence-electron chi connectivity index (χ3n) is 2.29. The summed E-state index contributed by atoms with van der Waals surface area (Å²) in [5, 5.41) is 2.61. The van der Waals surface area contributed by atoms with E-state index in [-0.39, 0.29) is 30.9 Å². The van der Waals surface area contributed by atoms with E-state index < -0.39 is 0 Å². The SMILES string of the molecule is COC(=O)C(C)CNC(=O)c1coc(CN)c1. The van der Waals surface area contributed by atoms with E-state index in [0.29, 0.717) is 11.3 Å². The average Bonchev–Trinajstić information content (AvgIpc) is 2.83. The smallest absolute Gasteiger partial charge is 0.310 e. The topological polar surface area (TPSA) is 94.6 Å². The second-order valence-corrected chi connectivity index (χ2v) is 3.64. The van der Waals surface area contributed by atoms with Crippen molar-refractivity contribution in [1.29, 1.82) is 0 Å². The van der Waals surface area contributed by atoms with Crippen molar-refractivity contribution in [3.05, 3.63) is 23.7 Å². The lowest BCUT2D eigenvalue weighted by molar-refractivity contribution is -0.144. The zero-order valence-electron chi connectivity index (χ0n) is 9.86. The molecule has 0 fully saturated rings. The molecule has 1 atom stereocenters. The molecule has 17 heavy (non-hydrogen) atoms. The minimum atomic E-state index is -0.384. The van der Waals surface area contributed by atoms with Crippen LogP contribution in [-0.4, -0.2) is 25.5 Å². The van der Waals surface area contributed by atoms with Crippen LogP contribution >= 0.6 is 0 Å². The van der Waals surface area contributed by atoms with E-state index >= 15 is 0 Å². The maximum absolute atomic E-state index is 11.6. The Balaban J connectivity index is 2.47. The van der Waals surface area contributed by atoms with Crippen molar-refractivity contribution in [2.45, 2.75) is 13.5 Å². The molecule has 1 heterocycles. The molecule has 3 N–H and O–H groups in total. The van der Waals surface area contributed by atoms with Gasteiger partial charge in [0.2, 0.25) is 0 Å². The van der Waals surface area contributed by atoms with Crippen LogP contribution in [0.25, 0.3) is 0 Å². The minimum absolute atomic E-state index is 0.217. The molecule has 6 nitrogen and oxygen atoms in total. The van der Waals surface area contributed by atoms with Gasteiger partial charge in [0.25, 0.3) is 5.91 Å². The maximum Gasteiger partial charge on any atom is 0.310 e. The molecule has 0 aliphatic rings. The fourth-order valence-electron chi connectivity index (χ4n) is 1.24. The summed E-state index contributed by atoms with van der Waals surface area (Å²) < 4.78 is 9.58. The first kappa shape index (κ1) is 13.2. The van der Waals surface area contributed by atoms with E-state index in [9.17, 15) is 9.59 Å². The first-order chi connectivity index (χ1) is 8.08. The van der Waals surface area contributed by atoms with Gasteiger partial charge in [0, 0.05) is 6.54 Å². The molecule has 94 valence electrons. The van der Waals surface area contributed by atoms with Gasteiger partial charge in [-0.1, -0.05) is 6.92 Å². The van der Waals surface area contributed by atoms with Crippen LogP contribution in [-0.2, 0) is 16.1 Å². The molecule has 0 bridgehead atoms. The van der Waals surface area contributed by atoms with E-state index in [1.54, 1.807) is 13.0 Å². The molecule has 6 heteroatoms. The fourth-order valence-corrected chi connectivity index (χ4v) is 1.24. The highest BCUT2D eigenvalue weighted by molar-refractivity contribution is 5.94. The Morgan fingerprint density at radius 3 is 2.82 bits per heavy atom. The molecule has 0 radical (unpaired) electrons. The monoisotopic (exact) mass is 240 g/mol. The van der Waals surface area contributed by atoms with E-state index in [1.165, 1.54) is 13.4 Å². The number of nitrogens with one attached hydrogen (secondary N) is 1. The van der Waals surface area contributed by atoms with Crippen molar-refractivity contribution < 1.29 is 18.7 Å². The summed E-state index contributed by atoms with van der Waals surface area (Å²) in [6, 6.07) is 1.57. The van der Waals surface area contributed by atoms with Crippen LogP contribution in [0.2, 0.25) is 0 Å². The number of carbonyl (C=O) groups is 2. The largest absolute Gasteiger partial charge is 0.469 e. The van der Waals surface area contributed by atoms with Gasteiger partial charge in [-0.3, -0.25) is 9.59 Å². The standard InChI is InChI=1S/C11H16N2O4/c1-7(11(15)16-2)5-13-10(14)8-3-9(4-12)17-6-8/h3,6-7H,4-5,12H2,1-2H3,(H,13,14). The van der Waals surface area contributed by atoms with Crippen molar-refractivity contribution in [3.63, 3.8) is 0 Å². The summed E-state index contributed by atoms with van der Waals surface area (Å²) in [5.74, 6) is -0.509. The molecule has 0 aliphatic carbocycles. The Labute approximate surface area is 99.1 Å². The zero-order chi connectivity index (χ0) is 12.8. The summed E-state index contributed by atoms with van der Waals surface area (Å²) in [6.07, 6.45) is 1.33. The van der Waals surface area contributed by atoms with Gasteiger partial charge in [-0.2, -0.15) is 0 Å². The van der Waals surface area contributed by atoms with Crippen molar-refractivity contribution in [2.24, 2.45) is 11.7 Å². The zero-order valence-corrected chi connectivity index (χ0v) is 9.86. The normalized spacial score (nSPS) is 11.9. The summed E-state index contributed by atoms with van der Waals surface area (Å²) in [4.78, 5) is 22.7. The molecular formula is C11H16N2O4. The molecule has 1 unspecified atom stereocenters. The number of hydrogen-bond donors (Lipinski definition) is 2. The van der Waals surface area contributed by atoms with Crippen molar-refractivity contribution >= 4 is 11.9 Å². The van der Waals surface area contributed by atoms with Crippen LogP contribution < -0.4 is 11.1 Å². The first-order valence-electron chi connectivity index (χ1n) is 5.22. The third-order valence-corrected chi connectivity index (χ3v) is 2.29. The van der Waals surface area contributed by atoms with Crippen LogP contribution in [0.4, 0.5) is 0 Å². The number of carbonyl (C=O) groups excluding carboxylic acids is 2. The minimum Gasteiger partial charge on any atom is -0.469 e. The van der Waals surface area contributed by atoms with Crippen LogP contribution in [0.15, 0.2) is 16.7 Å². The molecule has 1 rings (SSSR count). The molecule has 1 amide bonds. The van der Waals surface area contributed by atoms with Crippen LogP contribution in [0.1, 0.15) is 23.0 Å². The molecule has 0 saturated heterocycles. The van der Waals surface area contributed by atoms with Gasteiger partial charge in [0.05, 0.1) is 25.1 Å². The Hall–Kier alpha value is -1.82. The van der Waals surface area contributed by atoms with Gasteiger partial charge in [-0.15, -0.1) is 0 Å². The fraction of sp³-hybridized carbons (Fsp3) is 0.455. The highest BCUT2D eigenvalue weighted by atomic mass is 16.5. The maximum atomic E-state index is 11.6. The second-order valence-electron chi connectivity index (χ2n) is 3.64. The van der Waals surface area contributed by atoms with Gasteiger partial charge in [-0.25, -0.2) is 0 Å². The van der Waals surface area contributed by atoms with Gasteiger partial charge in [0.1, 0.15) is 12.0 Å². The quantitative estimate of drug-likeness (QED) is 0.721. The van der Waals surface area contributed by atoms with E-state index in [0.717, 1.165) is 0 Å². The lowest BCUT2D eigenvalue weighted by Gasteiger charge is -2.09. The Bertz CT molecular complexity index is 400. The number of nitrogens with two attached hydrogens (primary N) is 1. The number of methoxy groups -OCH3 is 1. The van der Waals surface area contributed by atoms with Crippen molar-refractivity contribution in [2.75, 3.05) is 13.7 Å². The van der Waals surface area contributed by atoms with E-state index in [2.05, 4.69) is 10.1 Å². The number of rotatable bonds is 5. The Kier molecular flexibility index (Phi) is 4.71. The predicted molar refractivity (Wildman–Crippen MR) is 60.1 cm³/mol. The molecule has 1 aromatic rings. The Morgan fingerprint density at radius 2 is 2.29 bits per heavy atom. The van der Waals surface area contributed by atoms with E-state index in [4.69, 9.17) is 10.2 Å². The molecule has 0 aliphatic heterocycles. The summed E-state index contributed by atoms with van der Waals surface area (Å²) in [6.45, 7) is 2.13. The van der Waals surface area contributed by atoms with Crippen LogP contribution in [0.5, 0.6) is 0 Å². The predicted octanol–water partition coefficient (Wildman–Crippen LogP) is 0.277. The number of esters is 1. The summed E-state index contributed by atoms with van der Waals surface area (Å²) >= 11 is 0. The van der Waals surface area contributed by atoms with E-state index in [1.807, 2.05) is 0 Å². The van der Waals surface area contributed by atoms with Crippen molar-refractivity contribution in [3.8, 4) is 0 Å².